The van der Waals surface area contributed by atoms with Crippen molar-refractivity contribution in [2.45, 2.75) is 24.0 Å². The number of fused-ring (bicyclic) bond motifs is 1. The molecule has 1 N–H and O–H groups in total. The minimum Gasteiger partial charge on any atom is -0.494 e. The van der Waals surface area contributed by atoms with Crippen LogP contribution in [0.4, 0.5) is 0 Å². The third kappa shape index (κ3) is 3.28. The first-order valence-corrected chi connectivity index (χ1v) is 7.65. The van der Waals surface area contributed by atoms with Crippen LogP contribution in [0.25, 0.3) is 11.0 Å². The Morgan fingerprint density at radius 2 is 2.10 bits per heavy atom. The molecule has 0 aliphatic rings. The monoisotopic (exact) mass is 320 g/mol. The molecule has 2 heterocycles. The molecule has 0 fully saturated rings. The highest BCUT2D eigenvalue weighted by atomic mass is 35.5. The molecule has 1 aromatic carbocycles. The third-order valence-corrected chi connectivity index (χ3v) is 3.73. The quantitative estimate of drug-likeness (QED) is 0.739. The van der Waals surface area contributed by atoms with Gasteiger partial charge in [0.25, 0.3) is 0 Å². The summed E-state index contributed by atoms with van der Waals surface area (Å²) in [5.41, 5.74) is 1.82. The van der Waals surface area contributed by atoms with Gasteiger partial charge in [0, 0.05) is 12.1 Å². The summed E-state index contributed by atoms with van der Waals surface area (Å²) in [6, 6.07) is 7.50. The number of nitrogens with zero attached hydrogens (tertiary/aromatic N) is 3. The Bertz CT molecular complexity index is 769. The summed E-state index contributed by atoms with van der Waals surface area (Å²) in [6.07, 6.45) is 0. The maximum absolute atomic E-state index is 5.94. The Morgan fingerprint density at radius 1 is 1.24 bits per heavy atom. The van der Waals surface area contributed by atoms with E-state index >= 15 is 0 Å². The molecule has 0 atom stereocenters. The number of hydrogen-bond donors (Lipinski definition) is 1. The highest BCUT2D eigenvalue weighted by Crippen LogP contribution is 2.28. The molecule has 0 spiro atoms. The van der Waals surface area contributed by atoms with Crippen molar-refractivity contribution >= 4 is 34.4 Å². The smallest absolute Gasteiger partial charge is 0.172 e. The molecule has 0 aliphatic carbocycles. The minimum atomic E-state index is 0.430. The number of aromatic nitrogens is 4. The van der Waals surface area contributed by atoms with E-state index in [2.05, 4.69) is 19.9 Å². The molecule has 0 unspecified atom stereocenters. The zero-order valence-electron chi connectivity index (χ0n) is 11.6. The van der Waals surface area contributed by atoms with Crippen LogP contribution in [0, 0.1) is 6.92 Å². The van der Waals surface area contributed by atoms with Crippen molar-refractivity contribution in [2.75, 3.05) is 6.61 Å². The van der Waals surface area contributed by atoms with Gasteiger partial charge in [-0.25, -0.2) is 15.0 Å². The van der Waals surface area contributed by atoms with Crippen LogP contribution in [0.3, 0.4) is 0 Å². The number of nitrogens with one attached hydrogen (secondary N) is 1. The van der Waals surface area contributed by atoms with Gasteiger partial charge in [0.1, 0.15) is 21.8 Å². The zero-order chi connectivity index (χ0) is 14.8. The zero-order valence-corrected chi connectivity index (χ0v) is 13.1. The molecule has 108 valence electrons. The van der Waals surface area contributed by atoms with E-state index in [0.29, 0.717) is 17.6 Å². The summed E-state index contributed by atoms with van der Waals surface area (Å²) in [4.78, 5) is 16.1. The number of imidazole rings is 1. The van der Waals surface area contributed by atoms with Gasteiger partial charge in [-0.05, 0) is 37.7 Å². The SMILES string of the molecule is CCOc1ccc2nc(Sc3cc(Cl)nc(C)n3)[nH]c2c1. The first kappa shape index (κ1) is 14.2. The lowest BCUT2D eigenvalue weighted by molar-refractivity contribution is 0.340. The molecule has 21 heavy (non-hydrogen) atoms. The Labute approximate surface area is 131 Å². The largest absolute Gasteiger partial charge is 0.494 e. The predicted molar refractivity (Wildman–Crippen MR) is 83.2 cm³/mol. The lowest BCUT2D eigenvalue weighted by atomic mass is 10.3. The van der Waals surface area contributed by atoms with Crippen molar-refractivity contribution in [3.63, 3.8) is 0 Å². The number of aryl methyl sites for hydroxylation is 1. The summed E-state index contributed by atoms with van der Waals surface area (Å²) < 4.78 is 5.48. The number of rotatable bonds is 4. The van der Waals surface area contributed by atoms with E-state index in [9.17, 15) is 0 Å². The van der Waals surface area contributed by atoms with Crippen molar-refractivity contribution in [2.24, 2.45) is 0 Å². The van der Waals surface area contributed by atoms with Gasteiger partial charge >= 0.3 is 0 Å². The van der Waals surface area contributed by atoms with Crippen molar-refractivity contribution < 1.29 is 4.74 Å². The summed E-state index contributed by atoms with van der Waals surface area (Å²) >= 11 is 7.36. The standard InChI is InChI=1S/C14H13ClN4OS/c1-3-20-9-4-5-10-11(6-9)19-14(18-10)21-13-7-12(15)16-8(2)17-13/h4-7H,3H2,1-2H3,(H,18,19). The van der Waals surface area contributed by atoms with Gasteiger partial charge < -0.3 is 9.72 Å². The van der Waals surface area contributed by atoms with Gasteiger partial charge in [0.05, 0.1) is 17.6 Å². The fourth-order valence-corrected chi connectivity index (χ4v) is 3.07. The molecule has 0 aliphatic heterocycles. The van der Waals surface area contributed by atoms with Crippen LogP contribution in [-0.2, 0) is 0 Å². The molecule has 7 heteroatoms. The first-order valence-electron chi connectivity index (χ1n) is 6.45. The van der Waals surface area contributed by atoms with Crippen LogP contribution in [0.1, 0.15) is 12.7 Å². The molecular formula is C14H13ClN4OS. The Morgan fingerprint density at radius 3 is 2.86 bits per heavy atom. The van der Waals surface area contributed by atoms with Crippen molar-refractivity contribution in [1.29, 1.82) is 0 Å². The maximum atomic E-state index is 5.94. The molecule has 0 saturated carbocycles. The second kappa shape index (κ2) is 5.91. The molecule has 0 saturated heterocycles. The maximum Gasteiger partial charge on any atom is 0.172 e. The van der Waals surface area contributed by atoms with Gasteiger partial charge in [-0.3, -0.25) is 0 Å². The van der Waals surface area contributed by atoms with Crippen molar-refractivity contribution in [1.82, 2.24) is 19.9 Å². The fraction of sp³-hybridized carbons (Fsp3) is 0.214. The Hall–Kier alpha value is -1.79. The highest BCUT2D eigenvalue weighted by molar-refractivity contribution is 7.99. The number of aromatic amines is 1. The lowest BCUT2D eigenvalue weighted by Gasteiger charge is -2.00. The highest BCUT2D eigenvalue weighted by Gasteiger charge is 2.08. The summed E-state index contributed by atoms with van der Waals surface area (Å²) in [5.74, 6) is 1.46. The number of H-pyrrole nitrogens is 1. The Balaban J connectivity index is 1.90. The van der Waals surface area contributed by atoms with Crippen LogP contribution in [0.2, 0.25) is 5.15 Å². The molecule has 3 aromatic rings. The van der Waals surface area contributed by atoms with Crippen LogP contribution >= 0.6 is 23.4 Å². The Kier molecular flexibility index (Phi) is 3.98. The van der Waals surface area contributed by atoms with Gasteiger partial charge in [0.15, 0.2) is 5.16 Å². The average Bonchev–Trinajstić information content (AvgIpc) is 2.79. The molecule has 0 radical (unpaired) electrons. The van der Waals surface area contributed by atoms with E-state index in [1.165, 1.54) is 11.8 Å². The topological polar surface area (TPSA) is 63.7 Å². The number of ether oxygens (including phenoxy) is 1. The van der Waals surface area contributed by atoms with Crippen molar-refractivity contribution in [3.8, 4) is 5.75 Å². The van der Waals surface area contributed by atoms with E-state index < -0.39 is 0 Å². The van der Waals surface area contributed by atoms with Crippen LogP contribution in [0.15, 0.2) is 34.4 Å². The van der Waals surface area contributed by atoms with E-state index in [0.717, 1.165) is 27.0 Å². The summed E-state index contributed by atoms with van der Waals surface area (Å²) in [6.45, 7) is 4.41. The fourth-order valence-electron chi connectivity index (χ4n) is 1.93. The van der Waals surface area contributed by atoms with Gasteiger partial charge in [0.2, 0.25) is 0 Å². The molecule has 3 rings (SSSR count). The summed E-state index contributed by atoms with van der Waals surface area (Å²) in [7, 11) is 0. The van der Waals surface area contributed by atoms with E-state index in [1.54, 1.807) is 6.07 Å². The first-order chi connectivity index (χ1) is 10.1. The lowest BCUT2D eigenvalue weighted by Crippen LogP contribution is -1.90. The predicted octanol–water partition coefficient (Wildman–Crippen LogP) is 3.86. The van der Waals surface area contributed by atoms with Crippen LogP contribution < -0.4 is 4.74 Å². The number of halogens is 1. The second-order valence-electron chi connectivity index (χ2n) is 4.33. The molecule has 0 amide bonds. The average molecular weight is 321 g/mol. The normalized spacial score (nSPS) is 11.0. The van der Waals surface area contributed by atoms with E-state index in [1.807, 2.05) is 32.0 Å². The molecule has 2 aromatic heterocycles. The van der Waals surface area contributed by atoms with Gasteiger partial charge in [-0.2, -0.15) is 0 Å². The third-order valence-electron chi connectivity index (χ3n) is 2.73. The second-order valence-corrected chi connectivity index (χ2v) is 5.73. The van der Waals surface area contributed by atoms with Crippen LogP contribution in [-0.4, -0.2) is 26.5 Å². The number of hydrogen-bond acceptors (Lipinski definition) is 5. The molecular weight excluding hydrogens is 308 g/mol. The van der Waals surface area contributed by atoms with E-state index in [4.69, 9.17) is 16.3 Å². The minimum absolute atomic E-state index is 0.430. The van der Waals surface area contributed by atoms with Crippen molar-refractivity contribution in [3.05, 3.63) is 35.2 Å². The van der Waals surface area contributed by atoms with E-state index in [-0.39, 0.29) is 0 Å². The van der Waals surface area contributed by atoms with Gasteiger partial charge in [-0.1, -0.05) is 11.6 Å². The molecule has 5 nitrogen and oxygen atoms in total. The van der Waals surface area contributed by atoms with Crippen LogP contribution in [0.5, 0.6) is 5.75 Å². The summed E-state index contributed by atoms with van der Waals surface area (Å²) in [5, 5.41) is 1.95. The number of benzene rings is 1. The molecule has 0 bridgehead atoms. The van der Waals surface area contributed by atoms with Gasteiger partial charge in [-0.15, -0.1) is 0 Å².